The van der Waals surface area contributed by atoms with Gasteiger partial charge < -0.3 is 14.2 Å². The van der Waals surface area contributed by atoms with Gasteiger partial charge in [0.1, 0.15) is 13.2 Å². The first kappa shape index (κ1) is 68.4. The van der Waals surface area contributed by atoms with E-state index in [0.29, 0.717) is 19.3 Å². The van der Waals surface area contributed by atoms with Gasteiger partial charge in [-0.1, -0.05) is 275 Å². The minimum Gasteiger partial charge on any atom is -0.462 e. The van der Waals surface area contributed by atoms with Crippen molar-refractivity contribution >= 4 is 17.9 Å². The number of esters is 3. The molecule has 0 saturated heterocycles. The molecule has 0 rings (SSSR count). The molecule has 0 aromatic heterocycles. The number of ether oxygens (including phenoxy) is 3. The molecule has 0 aromatic rings. The van der Waals surface area contributed by atoms with Crippen LogP contribution in [0, 0.1) is 0 Å². The highest BCUT2D eigenvalue weighted by Crippen LogP contribution is 2.17. The summed E-state index contributed by atoms with van der Waals surface area (Å²) in [6.07, 6.45) is 73.9. The van der Waals surface area contributed by atoms with E-state index >= 15 is 0 Å². The summed E-state index contributed by atoms with van der Waals surface area (Å²) in [6, 6.07) is 0. The van der Waals surface area contributed by atoms with E-state index in [0.717, 1.165) is 83.5 Å². The van der Waals surface area contributed by atoms with Gasteiger partial charge in [0.15, 0.2) is 6.10 Å². The standard InChI is InChI=1S/C65H118O6/c1-4-7-10-13-16-19-22-25-28-30-32-34-37-40-43-46-49-52-55-58-64(67)70-61-62(60-69-63(66)57-54-51-48-45-42-39-36-27-24-21-18-15-12-9-6-3)71-65(68)59-56-53-50-47-44-41-38-35-33-31-29-26-23-20-17-14-11-8-5-2/h16,19,25,27-28,32,34,36,62H,4-15,17-18,20-24,26,29-31,33,35,37-61H2,1-3H3/b19-16-,28-25-,34-32-,36-27-/t62-/m1/s1. The Morgan fingerprint density at radius 3 is 0.831 bits per heavy atom. The average molecular weight is 996 g/mol. The number of unbranched alkanes of at least 4 members (excludes halogenated alkanes) is 38. The SMILES string of the molecule is CCCCC/C=C\C/C=C\C/C=C\CCCCCCCCC(=O)OC[C@@H](COC(=O)CCCCCCC/C=C\CCCCCCCC)OC(=O)CCCCCCCCCCCCCCCCCCCCC. The average Bonchev–Trinajstić information content (AvgIpc) is 3.37. The van der Waals surface area contributed by atoms with Crippen molar-refractivity contribution in [1.29, 1.82) is 0 Å². The molecule has 0 aliphatic heterocycles. The summed E-state index contributed by atoms with van der Waals surface area (Å²) < 4.78 is 16.9. The molecule has 0 radical (unpaired) electrons. The first-order valence-corrected chi connectivity index (χ1v) is 31.1. The Labute approximate surface area is 441 Å². The topological polar surface area (TPSA) is 78.9 Å². The van der Waals surface area contributed by atoms with Gasteiger partial charge in [-0.05, 0) is 83.5 Å². The van der Waals surface area contributed by atoms with E-state index in [1.165, 1.54) is 205 Å². The van der Waals surface area contributed by atoms with Crippen LogP contribution in [0.3, 0.4) is 0 Å². The maximum Gasteiger partial charge on any atom is 0.306 e. The molecule has 6 nitrogen and oxygen atoms in total. The molecular formula is C65H118O6. The minimum atomic E-state index is -0.780. The Morgan fingerprint density at radius 1 is 0.282 bits per heavy atom. The summed E-state index contributed by atoms with van der Waals surface area (Å²) in [5, 5.41) is 0. The van der Waals surface area contributed by atoms with E-state index in [-0.39, 0.29) is 31.1 Å². The lowest BCUT2D eigenvalue weighted by molar-refractivity contribution is -0.167. The van der Waals surface area contributed by atoms with Crippen LogP contribution in [0.1, 0.15) is 329 Å². The Kier molecular flexibility index (Phi) is 57.7. The van der Waals surface area contributed by atoms with Crippen molar-refractivity contribution in [2.45, 2.75) is 335 Å². The van der Waals surface area contributed by atoms with Crippen LogP contribution < -0.4 is 0 Å². The Hall–Kier alpha value is -2.63. The predicted octanol–water partition coefficient (Wildman–Crippen LogP) is 21.0. The second-order valence-electron chi connectivity index (χ2n) is 21.0. The molecule has 0 aliphatic carbocycles. The van der Waals surface area contributed by atoms with Crippen LogP contribution >= 0.6 is 0 Å². The van der Waals surface area contributed by atoms with E-state index in [9.17, 15) is 14.4 Å². The van der Waals surface area contributed by atoms with Gasteiger partial charge in [-0.3, -0.25) is 14.4 Å². The summed E-state index contributed by atoms with van der Waals surface area (Å²) in [4.78, 5) is 38.3. The highest BCUT2D eigenvalue weighted by Gasteiger charge is 2.19. The Balaban J connectivity index is 4.37. The zero-order chi connectivity index (χ0) is 51.4. The molecule has 0 N–H and O–H groups in total. The van der Waals surface area contributed by atoms with Gasteiger partial charge in [-0.2, -0.15) is 0 Å². The summed E-state index contributed by atoms with van der Waals surface area (Å²) in [5.41, 5.74) is 0. The van der Waals surface area contributed by atoms with Gasteiger partial charge in [-0.25, -0.2) is 0 Å². The molecular weight excluding hydrogens is 877 g/mol. The van der Waals surface area contributed by atoms with Crippen molar-refractivity contribution in [3.63, 3.8) is 0 Å². The highest BCUT2D eigenvalue weighted by molar-refractivity contribution is 5.71. The molecule has 0 amide bonds. The lowest BCUT2D eigenvalue weighted by Gasteiger charge is -2.18. The Morgan fingerprint density at radius 2 is 0.507 bits per heavy atom. The third-order valence-corrected chi connectivity index (χ3v) is 13.8. The summed E-state index contributed by atoms with van der Waals surface area (Å²) in [6.45, 7) is 6.64. The predicted molar refractivity (Wildman–Crippen MR) is 307 cm³/mol. The van der Waals surface area contributed by atoms with Crippen molar-refractivity contribution in [2.24, 2.45) is 0 Å². The molecule has 0 heterocycles. The zero-order valence-corrected chi connectivity index (χ0v) is 47.5. The summed E-state index contributed by atoms with van der Waals surface area (Å²) in [5.74, 6) is -0.879. The third kappa shape index (κ3) is 58.1. The quantitative estimate of drug-likeness (QED) is 0.0261. The fourth-order valence-corrected chi connectivity index (χ4v) is 9.09. The maximum absolute atomic E-state index is 12.9. The number of allylic oxidation sites excluding steroid dienone is 8. The van der Waals surface area contributed by atoms with E-state index in [4.69, 9.17) is 14.2 Å². The fourth-order valence-electron chi connectivity index (χ4n) is 9.09. The molecule has 1 atom stereocenters. The molecule has 414 valence electrons. The van der Waals surface area contributed by atoms with Gasteiger partial charge >= 0.3 is 17.9 Å². The van der Waals surface area contributed by atoms with Gasteiger partial charge in [-0.15, -0.1) is 0 Å². The van der Waals surface area contributed by atoms with Gasteiger partial charge in [0, 0.05) is 19.3 Å². The van der Waals surface area contributed by atoms with Crippen molar-refractivity contribution in [3.8, 4) is 0 Å². The van der Waals surface area contributed by atoms with Crippen molar-refractivity contribution in [3.05, 3.63) is 48.6 Å². The molecule has 71 heavy (non-hydrogen) atoms. The molecule has 0 aliphatic rings. The smallest absolute Gasteiger partial charge is 0.306 e. The van der Waals surface area contributed by atoms with Crippen LogP contribution in [0.4, 0.5) is 0 Å². The molecule has 0 unspecified atom stereocenters. The maximum atomic E-state index is 12.9. The normalized spacial score (nSPS) is 12.3. The van der Waals surface area contributed by atoms with Crippen molar-refractivity contribution in [2.75, 3.05) is 13.2 Å². The van der Waals surface area contributed by atoms with Crippen LogP contribution in [0.5, 0.6) is 0 Å². The first-order chi connectivity index (χ1) is 35.0. The van der Waals surface area contributed by atoms with E-state index in [2.05, 4.69) is 69.4 Å². The van der Waals surface area contributed by atoms with Crippen LogP contribution in [0.25, 0.3) is 0 Å². The first-order valence-electron chi connectivity index (χ1n) is 31.1. The van der Waals surface area contributed by atoms with Gasteiger partial charge in [0.05, 0.1) is 0 Å². The molecule has 0 bridgehead atoms. The van der Waals surface area contributed by atoms with Crippen molar-refractivity contribution < 1.29 is 28.6 Å². The number of rotatable bonds is 57. The molecule has 6 heteroatoms. The monoisotopic (exact) mass is 995 g/mol. The third-order valence-electron chi connectivity index (χ3n) is 13.8. The highest BCUT2D eigenvalue weighted by atomic mass is 16.6. The van der Waals surface area contributed by atoms with E-state index in [1.54, 1.807) is 0 Å². The number of hydrogen-bond acceptors (Lipinski definition) is 6. The van der Waals surface area contributed by atoms with Gasteiger partial charge in [0.2, 0.25) is 0 Å². The number of hydrogen-bond donors (Lipinski definition) is 0. The zero-order valence-electron chi connectivity index (χ0n) is 47.5. The number of carbonyl (C=O) groups is 3. The molecule has 0 spiro atoms. The van der Waals surface area contributed by atoms with Crippen LogP contribution in [0.15, 0.2) is 48.6 Å². The summed E-state index contributed by atoms with van der Waals surface area (Å²) >= 11 is 0. The lowest BCUT2D eigenvalue weighted by Crippen LogP contribution is -2.30. The van der Waals surface area contributed by atoms with E-state index in [1.807, 2.05) is 0 Å². The molecule has 0 saturated carbocycles. The van der Waals surface area contributed by atoms with Crippen LogP contribution in [0.2, 0.25) is 0 Å². The summed E-state index contributed by atoms with van der Waals surface area (Å²) in [7, 11) is 0. The number of carbonyl (C=O) groups excluding carboxylic acids is 3. The van der Waals surface area contributed by atoms with Crippen LogP contribution in [-0.2, 0) is 28.6 Å². The second-order valence-corrected chi connectivity index (χ2v) is 21.0. The van der Waals surface area contributed by atoms with Crippen molar-refractivity contribution in [1.82, 2.24) is 0 Å². The minimum absolute atomic E-state index is 0.0785. The second kappa shape index (κ2) is 59.9. The van der Waals surface area contributed by atoms with Gasteiger partial charge in [0.25, 0.3) is 0 Å². The van der Waals surface area contributed by atoms with Crippen LogP contribution in [-0.4, -0.2) is 37.2 Å². The Bertz CT molecular complexity index is 1230. The largest absolute Gasteiger partial charge is 0.462 e. The fraction of sp³-hybridized carbons (Fsp3) is 0.831. The molecule has 0 fully saturated rings. The molecule has 0 aromatic carbocycles. The lowest BCUT2D eigenvalue weighted by atomic mass is 10.0. The van der Waals surface area contributed by atoms with E-state index < -0.39 is 6.10 Å².